The number of aromatic nitrogens is 4. The van der Waals surface area contributed by atoms with E-state index in [0.29, 0.717) is 16.9 Å². The Morgan fingerprint density at radius 2 is 1.93 bits per heavy atom. The minimum Gasteiger partial charge on any atom is -0.425 e. The van der Waals surface area contributed by atoms with Gasteiger partial charge in [0, 0.05) is 19.5 Å². The molecule has 144 valence electrons. The highest BCUT2D eigenvalue weighted by atomic mass is 35.5. The molecule has 0 aliphatic carbocycles. The quantitative estimate of drug-likeness (QED) is 0.491. The van der Waals surface area contributed by atoms with E-state index in [4.69, 9.17) is 27.8 Å². The maximum atomic E-state index is 12.2. The lowest BCUT2D eigenvalue weighted by molar-refractivity contribution is -0.131. The Bertz CT molecular complexity index is 1090. The summed E-state index contributed by atoms with van der Waals surface area (Å²) in [7, 11) is 0. The van der Waals surface area contributed by atoms with Crippen LogP contribution in [0.25, 0.3) is 11.2 Å². The van der Waals surface area contributed by atoms with Crippen molar-refractivity contribution in [3.63, 3.8) is 0 Å². The molecule has 0 spiro atoms. The van der Waals surface area contributed by atoms with Crippen molar-refractivity contribution in [1.82, 2.24) is 19.9 Å². The van der Waals surface area contributed by atoms with E-state index in [1.54, 1.807) is 6.07 Å². The van der Waals surface area contributed by atoms with E-state index in [1.165, 1.54) is 37.1 Å². The van der Waals surface area contributed by atoms with Crippen molar-refractivity contribution in [3.05, 3.63) is 35.1 Å². The van der Waals surface area contributed by atoms with E-state index in [9.17, 15) is 9.59 Å². The smallest absolute Gasteiger partial charge is 0.308 e. The fraction of sp³-hybridized carbons (Fsp3) is 0.176. The third kappa shape index (κ3) is 4.07. The number of hydrogen-bond donors (Lipinski definition) is 2. The molecule has 0 radical (unpaired) electrons. The number of nitrogens with two attached hydrogens (primary N) is 2. The number of hydrogen-bond acceptors (Lipinski definition) is 9. The van der Waals surface area contributed by atoms with E-state index in [1.807, 2.05) is 0 Å². The van der Waals surface area contributed by atoms with Crippen LogP contribution >= 0.6 is 11.6 Å². The largest absolute Gasteiger partial charge is 0.425 e. The van der Waals surface area contributed by atoms with Crippen LogP contribution in [0.2, 0.25) is 5.02 Å². The van der Waals surface area contributed by atoms with E-state index in [0.717, 1.165) is 0 Å². The number of anilines is 3. The first-order valence-corrected chi connectivity index (χ1v) is 8.43. The van der Waals surface area contributed by atoms with Gasteiger partial charge in [-0.05, 0) is 18.2 Å². The summed E-state index contributed by atoms with van der Waals surface area (Å²) in [6, 6.07) is 4.64. The number of carbonyl (C=O) groups excluding carboxylic acids is 2. The number of fused-ring (bicyclic) bond motifs is 1. The summed E-state index contributed by atoms with van der Waals surface area (Å²) in [5.41, 5.74) is 12.9. The molecule has 3 aromatic rings. The van der Waals surface area contributed by atoms with Gasteiger partial charge in [-0.3, -0.25) is 9.59 Å². The number of rotatable bonds is 4. The molecule has 11 heteroatoms. The number of carbonyl (C=O) groups is 2. The van der Waals surface area contributed by atoms with E-state index in [-0.39, 0.29) is 40.6 Å². The Balaban J connectivity index is 1.94. The molecule has 1 amide bonds. The van der Waals surface area contributed by atoms with Crippen LogP contribution in [0.15, 0.2) is 24.4 Å². The zero-order valence-corrected chi connectivity index (χ0v) is 15.8. The first-order valence-electron chi connectivity index (χ1n) is 8.05. The number of amides is 1. The van der Waals surface area contributed by atoms with Gasteiger partial charge in [0.1, 0.15) is 5.75 Å². The van der Waals surface area contributed by atoms with Crippen molar-refractivity contribution in [1.29, 1.82) is 0 Å². The standard InChI is InChI=1S/C17H16ClN7O3/c1-8(26)25(11-3-4-13(12(18)5-11)28-9(2)27)7-10-6-21-16-14(22-10)15(19)23-17(20)24-16/h3-6H,7H2,1-2H3,(H4,19,20,21,23,24). The third-order valence-corrected chi connectivity index (χ3v) is 3.98. The summed E-state index contributed by atoms with van der Waals surface area (Å²) in [6.45, 7) is 2.78. The topological polar surface area (TPSA) is 150 Å². The fourth-order valence-corrected chi connectivity index (χ4v) is 2.71. The van der Waals surface area contributed by atoms with Gasteiger partial charge in [-0.1, -0.05) is 11.6 Å². The summed E-state index contributed by atoms with van der Waals surface area (Å²) in [5.74, 6) is -0.445. The first kappa shape index (κ1) is 19.2. The Morgan fingerprint density at radius 1 is 1.18 bits per heavy atom. The number of esters is 1. The predicted molar refractivity (Wildman–Crippen MR) is 104 cm³/mol. The van der Waals surface area contributed by atoms with Crippen molar-refractivity contribution in [2.45, 2.75) is 20.4 Å². The zero-order valence-electron chi connectivity index (χ0n) is 15.0. The number of nitrogen functional groups attached to an aromatic ring is 2. The minimum absolute atomic E-state index is 0.0000704. The summed E-state index contributed by atoms with van der Waals surface area (Å²) >= 11 is 6.15. The number of halogens is 1. The number of ether oxygens (including phenoxy) is 1. The van der Waals surface area contributed by atoms with E-state index in [2.05, 4.69) is 19.9 Å². The molecule has 1 aromatic carbocycles. The lowest BCUT2D eigenvalue weighted by Gasteiger charge is -2.21. The van der Waals surface area contributed by atoms with Crippen molar-refractivity contribution in [2.24, 2.45) is 0 Å². The maximum absolute atomic E-state index is 12.2. The monoisotopic (exact) mass is 401 g/mol. The summed E-state index contributed by atoms with van der Waals surface area (Å²) < 4.78 is 4.99. The normalized spacial score (nSPS) is 10.7. The molecule has 10 nitrogen and oxygen atoms in total. The third-order valence-electron chi connectivity index (χ3n) is 3.68. The molecule has 0 atom stereocenters. The highest BCUT2D eigenvalue weighted by Gasteiger charge is 2.17. The van der Waals surface area contributed by atoms with Crippen molar-refractivity contribution >= 4 is 52.1 Å². The molecule has 4 N–H and O–H groups in total. The van der Waals surface area contributed by atoms with Crippen molar-refractivity contribution in [2.75, 3.05) is 16.4 Å². The van der Waals surface area contributed by atoms with Crippen LogP contribution in [0.3, 0.4) is 0 Å². The Kier molecular flexibility index (Phi) is 5.23. The number of nitrogens with zero attached hydrogens (tertiary/aromatic N) is 5. The summed E-state index contributed by atoms with van der Waals surface area (Å²) in [4.78, 5) is 41.1. The molecule has 0 bridgehead atoms. The molecule has 2 aromatic heterocycles. The van der Waals surface area contributed by atoms with E-state index >= 15 is 0 Å². The Labute approximate surface area is 164 Å². The van der Waals surface area contributed by atoms with Crippen LogP contribution in [-0.4, -0.2) is 31.8 Å². The van der Waals surface area contributed by atoms with Gasteiger partial charge in [0.25, 0.3) is 0 Å². The number of benzene rings is 1. The molecule has 0 aliphatic rings. The van der Waals surface area contributed by atoms with Crippen molar-refractivity contribution < 1.29 is 14.3 Å². The molecule has 0 aliphatic heterocycles. The van der Waals surface area contributed by atoms with Gasteiger partial charge >= 0.3 is 5.97 Å². The second-order valence-electron chi connectivity index (χ2n) is 5.81. The van der Waals surface area contributed by atoms with Gasteiger partial charge in [0.2, 0.25) is 11.9 Å². The molecule has 0 saturated carbocycles. The van der Waals surface area contributed by atoms with Gasteiger partial charge in [-0.15, -0.1) is 0 Å². The molecule has 0 saturated heterocycles. The van der Waals surface area contributed by atoms with Crippen LogP contribution < -0.4 is 21.1 Å². The second-order valence-corrected chi connectivity index (χ2v) is 6.22. The van der Waals surface area contributed by atoms with Crippen LogP contribution in [0.5, 0.6) is 5.75 Å². The van der Waals surface area contributed by atoms with Crippen LogP contribution in [-0.2, 0) is 16.1 Å². The van der Waals surface area contributed by atoms with Gasteiger partial charge in [0.05, 0.1) is 23.5 Å². The molecule has 0 unspecified atom stereocenters. The fourth-order valence-electron chi connectivity index (χ4n) is 2.50. The van der Waals surface area contributed by atoms with Crippen LogP contribution in [0.1, 0.15) is 19.5 Å². The lowest BCUT2D eigenvalue weighted by Crippen LogP contribution is -2.28. The highest BCUT2D eigenvalue weighted by Crippen LogP contribution is 2.30. The molecular weight excluding hydrogens is 386 g/mol. The van der Waals surface area contributed by atoms with Gasteiger partial charge in [-0.2, -0.15) is 9.97 Å². The van der Waals surface area contributed by atoms with Crippen LogP contribution in [0.4, 0.5) is 17.5 Å². The molecule has 28 heavy (non-hydrogen) atoms. The van der Waals surface area contributed by atoms with Gasteiger partial charge in [-0.25, -0.2) is 9.97 Å². The minimum atomic E-state index is -0.495. The Hall–Kier alpha value is -3.53. The molecule has 2 heterocycles. The average molecular weight is 402 g/mol. The molecule has 0 fully saturated rings. The summed E-state index contributed by atoms with van der Waals surface area (Å²) in [6.07, 6.45) is 1.47. The van der Waals surface area contributed by atoms with Gasteiger partial charge < -0.3 is 21.1 Å². The SMILES string of the molecule is CC(=O)Oc1ccc(N(Cc2cnc3nc(N)nc(N)c3n2)C(C)=O)cc1Cl. The van der Waals surface area contributed by atoms with Crippen molar-refractivity contribution in [3.8, 4) is 5.75 Å². The lowest BCUT2D eigenvalue weighted by atomic mass is 10.2. The van der Waals surface area contributed by atoms with Crippen LogP contribution in [0, 0.1) is 0 Å². The molecule has 3 rings (SSSR count). The first-order chi connectivity index (χ1) is 13.2. The molecular formula is C17H16ClN7O3. The zero-order chi connectivity index (χ0) is 20.4. The Morgan fingerprint density at radius 3 is 2.57 bits per heavy atom. The highest BCUT2D eigenvalue weighted by molar-refractivity contribution is 6.32. The maximum Gasteiger partial charge on any atom is 0.308 e. The second kappa shape index (κ2) is 7.61. The van der Waals surface area contributed by atoms with E-state index < -0.39 is 5.97 Å². The predicted octanol–water partition coefficient (Wildman–Crippen LogP) is 1.72. The van der Waals surface area contributed by atoms with Gasteiger partial charge in [0.15, 0.2) is 17.0 Å². The summed E-state index contributed by atoms with van der Waals surface area (Å²) in [5, 5.41) is 0.191. The average Bonchev–Trinajstić information content (AvgIpc) is 2.61.